The number of allylic oxidation sites excluding steroid dienone is 6. The van der Waals surface area contributed by atoms with Crippen LogP contribution in [0.25, 0.3) is 38.6 Å². The number of para-hydroxylation sites is 1. The number of benzene rings is 3. The lowest BCUT2D eigenvalue weighted by atomic mass is 9.95. The highest BCUT2D eigenvalue weighted by Gasteiger charge is 2.17. The van der Waals surface area contributed by atoms with E-state index in [0.29, 0.717) is 0 Å². The van der Waals surface area contributed by atoms with Crippen molar-refractivity contribution < 1.29 is 0 Å². The Bertz CT molecular complexity index is 1330. The van der Waals surface area contributed by atoms with Gasteiger partial charge in [-0.3, -0.25) is 0 Å². The highest BCUT2D eigenvalue weighted by molar-refractivity contribution is 6.14. The summed E-state index contributed by atoms with van der Waals surface area (Å²) < 4.78 is 2.41. The monoisotopic (exact) mass is 391 g/mol. The van der Waals surface area contributed by atoms with Gasteiger partial charge in [0.15, 0.2) is 0 Å². The van der Waals surface area contributed by atoms with Gasteiger partial charge in [0, 0.05) is 16.5 Å². The second-order valence-corrected chi connectivity index (χ2v) is 7.77. The predicted octanol–water partition coefficient (Wildman–Crippen LogP) is 8.49. The third kappa shape index (κ3) is 3.21. The minimum atomic E-state index is 1.19. The van der Waals surface area contributed by atoms with E-state index < -0.39 is 0 Å². The molecule has 0 unspecified atom stereocenters. The van der Waals surface area contributed by atoms with Gasteiger partial charge in [-0.1, -0.05) is 60.7 Å². The molecule has 4 aromatic rings. The molecule has 0 N–H and O–H groups in total. The van der Waals surface area contributed by atoms with Crippen LogP contribution in [-0.2, 0) is 0 Å². The van der Waals surface area contributed by atoms with Crippen molar-refractivity contribution in [3.63, 3.8) is 0 Å². The molecule has 4 rings (SSSR count). The van der Waals surface area contributed by atoms with E-state index in [2.05, 4.69) is 124 Å². The maximum Gasteiger partial charge on any atom is 0.0547 e. The second-order valence-electron chi connectivity index (χ2n) is 7.77. The van der Waals surface area contributed by atoms with Gasteiger partial charge in [-0.25, -0.2) is 0 Å². The number of aromatic nitrogens is 1. The molecule has 0 bridgehead atoms. The predicted molar refractivity (Wildman–Crippen MR) is 133 cm³/mol. The third-order valence-electron chi connectivity index (χ3n) is 5.97. The van der Waals surface area contributed by atoms with Crippen LogP contribution < -0.4 is 0 Å². The lowest BCUT2D eigenvalue weighted by Gasteiger charge is -2.12. The van der Waals surface area contributed by atoms with Gasteiger partial charge >= 0.3 is 0 Å². The summed E-state index contributed by atoms with van der Waals surface area (Å²) in [4.78, 5) is 0. The summed E-state index contributed by atoms with van der Waals surface area (Å²) in [5.74, 6) is 0. The Morgan fingerprint density at radius 3 is 2.37 bits per heavy atom. The van der Waals surface area contributed by atoms with Crippen molar-refractivity contribution in [1.82, 2.24) is 4.57 Å². The van der Waals surface area contributed by atoms with Crippen LogP contribution in [0.4, 0.5) is 0 Å². The Morgan fingerprint density at radius 2 is 1.63 bits per heavy atom. The van der Waals surface area contributed by atoms with E-state index >= 15 is 0 Å². The normalized spacial score (nSPS) is 13.1. The number of hydrogen-bond donors (Lipinski definition) is 0. The molecule has 0 aliphatic carbocycles. The fourth-order valence-electron chi connectivity index (χ4n) is 4.46. The average molecular weight is 392 g/mol. The summed E-state index contributed by atoms with van der Waals surface area (Å²) in [5.41, 5.74) is 10.1. The van der Waals surface area contributed by atoms with E-state index in [1.165, 1.54) is 55.3 Å². The van der Waals surface area contributed by atoms with Crippen molar-refractivity contribution in [2.24, 2.45) is 0 Å². The van der Waals surface area contributed by atoms with E-state index in [0.717, 1.165) is 0 Å². The highest BCUT2D eigenvalue weighted by Crippen LogP contribution is 2.38. The highest BCUT2D eigenvalue weighted by atomic mass is 15.0. The number of aryl methyl sites for hydroxylation is 1. The summed E-state index contributed by atoms with van der Waals surface area (Å²) in [7, 11) is 0. The molecule has 0 aliphatic rings. The second kappa shape index (κ2) is 8.20. The SMILES string of the molecule is C/C=C\C(=C/C)c1cccc(-n2c3ccccc3c3c(/C(C)=C/C)c(C)ccc32)c1. The number of rotatable bonds is 4. The smallest absolute Gasteiger partial charge is 0.0547 e. The van der Waals surface area contributed by atoms with Gasteiger partial charge in [-0.15, -0.1) is 0 Å². The third-order valence-corrected chi connectivity index (χ3v) is 5.97. The summed E-state index contributed by atoms with van der Waals surface area (Å²) in [5, 5.41) is 2.64. The number of fused-ring (bicyclic) bond motifs is 3. The maximum atomic E-state index is 2.41. The molecule has 1 nitrogen and oxygen atoms in total. The molecule has 0 fully saturated rings. The van der Waals surface area contributed by atoms with Crippen molar-refractivity contribution in [2.45, 2.75) is 34.6 Å². The van der Waals surface area contributed by atoms with Crippen molar-refractivity contribution in [1.29, 1.82) is 0 Å². The molecule has 3 aromatic carbocycles. The van der Waals surface area contributed by atoms with E-state index in [-0.39, 0.29) is 0 Å². The molecular formula is C29H29N. The molecule has 0 amide bonds. The van der Waals surface area contributed by atoms with Gasteiger partial charge in [-0.05, 0) is 86.7 Å². The Kier molecular flexibility index (Phi) is 5.46. The Labute approximate surface area is 179 Å². The molecule has 150 valence electrons. The summed E-state index contributed by atoms with van der Waals surface area (Å²) in [6.07, 6.45) is 8.64. The number of nitrogens with zero attached hydrogens (tertiary/aromatic N) is 1. The summed E-state index contributed by atoms with van der Waals surface area (Å²) in [6, 6.07) is 22.1. The standard InChI is InChI=1S/C29H29N/c1-6-12-22(8-3)23-13-11-14-24(19-23)30-26-16-10-9-15-25(26)29-27(30)18-17-21(5)28(29)20(4)7-2/h6-19H,1-5H3/b12-6-,20-7+,22-8+. The zero-order valence-corrected chi connectivity index (χ0v) is 18.5. The fraction of sp³-hybridized carbons (Fsp3) is 0.172. The molecule has 30 heavy (non-hydrogen) atoms. The molecular weight excluding hydrogens is 362 g/mol. The van der Waals surface area contributed by atoms with E-state index in [1.54, 1.807) is 0 Å². The van der Waals surface area contributed by atoms with Crippen molar-refractivity contribution in [2.75, 3.05) is 0 Å². The zero-order valence-electron chi connectivity index (χ0n) is 18.5. The van der Waals surface area contributed by atoms with E-state index in [9.17, 15) is 0 Å². The Morgan fingerprint density at radius 1 is 0.833 bits per heavy atom. The molecule has 1 aromatic heterocycles. The molecule has 0 atom stereocenters. The first-order chi connectivity index (χ1) is 14.6. The van der Waals surface area contributed by atoms with E-state index in [4.69, 9.17) is 0 Å². The van der Waals surface area contributed by atoms with Gasteiger partial charge in [0.25, 0.3) is 0 Å². The molecule has 0 saturated heterocycles. The van der Waals surface area contributed by atoms with Gasteiger partial charge in [0.1, 0.15) is 0 Å². The molecule has 1 heteroatoms. The summed E-state index contributed by atoms with van der Waals surface area (Å²) in [6.45, 7) is 10.7. The van der Waals surface area contributed by atoms with Crippen LogP contribution in [0.2, 0.25) is 0 Å². The van der Waals surface area contributed by atoms with Gasteiger partial charge in [-0.2, -0.15) is 0 Å². The lowest BCUT2D eigenvalue weighted by Crippen LogP contribution is -1.96. The topological polar surface area (TPSA) is 4.93 Å². The van der Waals surface area contributed by atoms with E-state index in [1.807, 2.05) is 0 Å². The molecule has 0 spiro atoms. The first-order valence-electron chi connectivity index (χ1n) is 10.7. The summed E-state index contributed by atoms with van der Waals surface area (Å²) >= 11 is 0. The largest absolute Gasteiger partial charge is 0.309 e. The first kappa shape index (κ1) is 20.0. The van der Waals surface area contributed by atoms with Gasteiger partial charge in [0.2, 0.25) is 0 Å². The zero-order chi connectivity index (χ0) is 21.3. The van der Waals surface area contributed by atoms with Gasteiger partial charge in [0.05, 0.1) is 11.0 Å². The van der Waals surface area contributed by atoms with Crippen LogP contribution in [0, 0.1) is 6.92 Å². The quantitative estimate of drug-likeness (QED) is 0.307. The molecule has 1 heterocycles. The Balaban J connectivity index is 2.11. The van der Waals surface area contributed by atoms with Crippen molar-refractivity contribution in [3.8, 4) is 5.69 Å². The van der Waals surface area contributed by atoms with Crippen LogP contribution in [0.15, 0.2) is 85.0 Å². The van der Waals surface area contributed by atoms with Crippen LogP contribution in [0.5, 0.6) is 0 Å². The number of hydrogen-bond acceptors (Lipinski definition) is 0. The van der Waals surface area contributed by atoms with Crippen LogP contribution in [0.3, 0.4) is 0 Å². The van der Waals surface area contributed by atoms with Crippen molar-refractivity contribution >= 4 is 33.0 Å². The Hall–Kier alpha value is -3.32. The minimum absolute atomic E-state index is 1.19. The van der Waals surface area contributed by atoms with Crippen LogP contribution in [0.1, 0.15) is 44.4 Å². The fourth-order valence-corrected chi connectivity index (χ4v) is 4.46. The average Bonchev–Trinajstić information content (AvgIpc) is 3.11. The van der Waals surface area contributed by atoms with Crippen LogP contribution in [-0.4, -0.2) is 4.57 Å². The minimum Gasteiger partial charge on any atom is -0.309 e. The molecule has 0 aliphatic heterocycles. The first-order valence-corrected chi connectivity index (χ1v) is 10.7. The lowest BCUT2D eigenvalue weighted by molar-refractivity contribution is 1.18. The molecule has 0 radical (unpaired) electrons. The van der Waals surface area contributed by atoms with Crippen molar-refractivity contribution in [3.05, 3.63) is 102 Å². The maximum absolute atomic E-state index is 2.41. The van der Waals surface area contributed by atoms with Crippen LogP contribution >= 0.6 is 0 Å². The molecule has 0 saturated carbocycles. The van der Waals surface area contributed by atoms with Gasteiger partial charge < -0.3 is 4.57 Å².